The van der Waals surface area contributed by atoms with Crippen molar-refractivity contribution in [3.8, 4) is 0 Å². The van der Waals surface area contributed by atoms with Crippen LogP contribution in [-0.4, -0.2) is 47.5 Å². The summed E-state index contributed by atoms with van der Waals surface area (Å²) in [4.78, 5) is 2.23. The zero-order valence-electron chi connectivity index (χ0n) is 10.0. The smallest absolute Gasteiger partial charge is 0.0580 e. The highest BCUT2D eigenvalue weighted by atomic mass is 16.3. The molecule has 0 amide bonds. The Morgan fingerprint density at radius 2 is 2.00 bits per heavy atom. The van der Waals surface area contributed by atoms with E-state index in [0.29, 0.717) is 5.92 Å². The highest BCUT2D eigenvalue weighted by Gasteiger charge is 2.23. The van der Waals surface area contributed by atoms with Crippen LogP contribution in [0.4, 0.5) is 0 Å². The summed E-state index contributed by atoms with van der Waals surface area (Å²) in [6.07, 6.45) is 5.05. The molecule has 90 valence electrons. The van der Waals surface area contributed by atoms with E-state index in [9.17, 15) is 10.2 Å². The first-order chi connectivity index (χ1) is 7.09. The van der Waals surface area contributed by atoms with Crippen LogP contribution in [0.25, 0.3) is 0 Å². The van der Waals surface area contributed by atoms with Crippen molar-refractivity contribution in [2.24, 2.45) is 5.92 Å². The number of nitrogens with zero attached hydrogens (tertiary/aromatic N) is 1. The lowest BCUT2D eigenvalue weighted by atomic mass is 9.86. The van der Waals surface area contributed by atoms with Crippen LogP contribution in [0.3, 0.4) is 0 Å². The lowest BCUT2D eigenvalue weighted by molar-refractivity contribution is 0.0488. The van der Waals surface area contributed by atoms with Crippen LogP contribution in [0, 0.1) is 5.92 Å². The number of aliphatic hydroxyl groups is 2. The average Bonchev–Trinajstić information content (AvgIpc) is 2.18. The molecule has 0 aromatic heterocycles. The molecule has 1 aliphatic rings. The molecule has 0 aromatic rings. The van der Waals surface area contributed by atoms with Gasteiger partial charge >= 0.3 is 0 Å². The Bertz CT molecular complexity index is 173. The summed E-state index contributed by atoms with van der Waals surface area (Å²) < 4.78 is 0. The van der Waals surface area contributed by atoms with Crippen LogP contribution >= 0.6 is 0 Å². The highest BCUT2D eigenvalue weighted by molar-refractivity contribution is 4.76. The molecule has 1 saturated carbocycles. The Kier molecular flexibility index (Phi) is 5.58. The standard InChI is InChI=1S/C12H25NO2/c1-10(14)7-8-13(2)9-11-5-3-4-6-12(11)15/h10-12,14-15H,3-9H2,1-2H3. The zero-order chi connectivity index (χ0) is 11.3. The van der Waals surface area contributed by atoms with Gasteiger partial charge in [0.2, 0.25) is 0 Å². The molecule has 2 N–H and O–H groups in total. The number of hydrogen-bond donors (Lipinski definition) is 2. The van der Waals surface area contributed by atoms with E-state index in [1.54, 1.807) is 0 Å². The van der Waals surface area contributed by atoms with Crippen molar-refractivity contribution in [2.75, 3.05) is 20.1 Å². The van der Waals surface area contributed by atoms with Crippen molar-refractivity contribution in [3.05, 3.63) is 0 Å². The van der Waals surface area contributed by atoms with E-state index in [1.165, 1.54) is 12.8 Å². The largest absolute Gasteiger partial charge is 0.393 e. The zero-order valence-corrected chi connectivity index (χ0v) is 10.0. The topological polar surface area (TPSA) is 43.7 Å². The van der Waals surface area contributed by atoms with Crippen LogP contribution in [0.2, 0.25) is 0 Å². The molecule has 0 radical (unpaired) electrons. The van der Waals surface area contributed by atoms with Crippen molar-refractivity contribution in [2.45, 2.75) is 51.2 Å². The minimum atomic E-state index is -0.219. The van der Waals surface area contributed by atoms with E-state index >= 15 is 0 Å². The van der Waals surface area contributed by atoms with Crippen LogP contribution < -0.4 is 0 Å². The van der Waals surface area contributed by atoms with Crippen LogP contribution in [0.15, 0.2) is 0 Å². The summed E-state index contributed by atoms with van der Waals surface area (Å²) >= 11 is 0. The van der Waals surface area contributed by atoms with Gasteiger partial charge in [-0.25, -0.2) is 0 Å². The minimum Gasteiger partial charge on any atom is -0.393 e. The summed E-state index contributed by atoms with van der Waals surface area (Å²) in [5, 5.41) is 19.0. The summed E-state index contributed by atoms with van der Waals surface area (Å²) in [7, 11) is 2.07. The highest BCUT2D eigenvalue weighted by Crippen LogP contribution is 2.24. The Hall–Kier alpha value is -0.120. The van der Waals surface area contributed by atoms with Crippen molar-refractivity contribution in [1.82, 2.24) is 4.90 Å². The molecule has 0 heterocycles. The lowest BCUT2D eigenvalue weighted by Gasteiger charge is -2.31. The molecule has 0 aromatic carbocycles. The van der Waals surface area contributed by atoms with Gasteiger partial charge in [-0.2, -0.15) is 0 Å². The molecule has 0 bridgehead atoms. The molecule has 1 aliphatic carbocycles. The molecule has 0 saturated heterocycles. The predicted octanol–water partition coefficient (Wildman–Crippen LogP) is 1.24. The Morgan fingerprint density at radius 3 is 2.60 bits per heavy atom. The minimum absolute atomic E-state index is 0.104. The Balaban J connectivity index is 2.20. The molecule has 3 heteroatoms. The summed E-state index contributed by atoms with van der Waals surface area (Å²) in [5.74, 6) is 0.442. The fourth-order valence-electron chi connectivity index (χ4n) is 2.30. The second kappa shape index (κ2) is 6.46. The predicted molar refractivity (Wildman–Crippen MR) is 61.8 cm³/mol. The van der Waals surface area contributed by atoms with Crippen LogP contribution in [-0.2, 0) is 0 Å². The molecule has 0 spiro atoms. The first kappa shape index (κ1) is 12.9. The van der Waals surface area contributed by atoms with Crippen LogP contribution in [0.5, 0.6) is 0 Å². The molecule has 3 unspecified atom stereocenters. The van der Waals surface area contributed by atoms with Crippen molar-refractivity contribution < 1.29 is 10.2 Å². The fraction of sp³-hybridized carbons (Fsp3) is 1.00. The van der Waals surface area contributed by atoms with Gasteiger partial charge in [-0.3, -0.25) is 0 Å². The van der Waals surface area contributed by atoms with Gasteiger partial charge in [-0.1, -0.05) is 12.8 Å². The third kappa shape index (κ3) is 4.96. The lowest BCUT2D eigenvalue weighted by Crippen LogP contribution is -2.36. The monoisotopic (exact) mass is 215 g/mol. The fourth-order valence-corrected chi connectivity index (χ4v) is 2.30. The molecule has 3 atom stereocenters. The average molecular weight is 215 g/mol. The summed E-state index contributed by atoms with van der Waals surface area (Å²) in [6.45, 7) is 3.71. The van der Waals surface area contributed by atoms with Crippen molar-refractivity contribution >= 4 is 0 Å². The molecule has 1 fully saturated rings. The van der Waals surface area contributed by atoms with Gasteiger partial charge in [0.25, 0.3) is 0 Å². The quantitative estimate of drug-likeness (QED) is 0.725. The first-order valence-electron chi connectivity index (χ1n) is 6.14. The van der Waals surface area contributed by atoms with Gasteiger partial charge in [0.05, 0.1) is 12.2 Å². The van der Waals surface area contributed by atoms with Gasteiger partial charge in [0, 0.05) is 13.1 Å². The van der Waals surface area contributed by atoms with E-state index in [0.717, 1.165) is 32.4 Å². The maximum atomic E-state index is 9.82. The van der Waals surface area contributed by atoms with Gasteiger partial charge in [-0.15, -0.1) is 0 Å². The molecule has 15 heavy (non-hydrogen) atoms. The van der Waals surface area contributed by atoms with E-state index in [1.807, 2.05) is 6.92 Å². The second-order valence-corrected chi connectivity index (χ2v) is 5.01. The van der Waals surface area contributed by atoms with E-state index in [2.05, 4.69) is 11.9 Å². The Labute approximate surface area is 93.1 Å². The van der Waals surface area contributed by atoms with E-state index < -0.39 is 0 Å². The number of hydrogen-bond acceptors (Lipinski definition) is 3. The third-order valence-electron chi connectivity index (χ3n) is 3.34. The third-order valence-corrected chi connectivity index (χ3v) is 3.34. The molecule has 1 rings (SSSR count). The van der Waals surface area contributed by atoms with Gasteiger partial charge < -0.3 is 15.1 Å². The van der Waals surface area contributed by atoms with Gasteiger partial charge in [0.1, 0.15) is 0 Å². The van der Waals surface area contributed by atoms with E-state index in [-0.39, 0.29) is 12.2 Å². The maximum absolute atomic E-state index is 9.82. The number of aliphatic hydroxyl groups excluding tert-OH is 2. The molecule has 0 aliphatic heterocycles. The first-order valence-corrected chi connectivity index (χ1v) is 6.14. The van der Waals surface area contributed by atoms with Gasteiger partial charge in [0.15, 0.2) is 0 Å². The van der Waals surface area contributed by atoms with Crippen molar-refractivity contribution in [3.63, 3.8) is 0 Å². The SMILES string of the molecule is CC(O)CCN(C)CC1CCCCC1O. The molecular weight excluding hydrogens is 190 g/mol. The van der Waals surface area contributed by atoms with E-state index in [4.69, 9.17) is 0 Å². The molecule has 3 nitrogen and oxygen atoms in total. The molecular formula is C12H25NO2. The Morgan fingerprint density at radius 1 is 1.33 bits per heavy atom. The van der Waals surface area contributed by atoms with Crippen LogP contribution in [0.1, 0.15) is 39.0 Å². The second-order valence-electron chi connectivity index (χ2n) is 5.01. The van der Waals surface area contributed by atoms with Gasteiger partial charge in [-0.05, 0) is 39.2 Å². The maximum Gasteiger partial charge on any atom is 0.0580 e. The normalized spacial score (nSPS) is 29.4. The summed E-state index contributed by atoms with van der Waals surface area (Å²) in [5.41, 5.74) is 0. The number of rotatable bonds is 5. The van der Waals surface area contributed by atoms with Crippen molar-refractivity contribution in [1.29, 1.82) is 0 Å². The summed E-state index contributed by atoms with van der Waals surface area (Å²) in [6, 6.07) is 0.